The zero-order valence-corrected chi connectivity index (χ0v) is 12.9. The minimum absolute atomic E-state index is 0.0847. The normalized spacial score (nSPS) is 28.9. The summed E-state index contributed by atoms with van der Waals surface area (Å²) in [5.41, 5.74) is 0.909. The van der Waals surface area contributed by atoms with Gasteiger partial charge in [0.2, 0.25) is 0 Å². The average molecular weight is 311 g/mol. The number of sulfone groups is 1. The highest BCUT2D eigenvalue weighted by Crippen LogP contribution is 2.35. The van der Waals surface area contributed by atoms with Crippen molar-refractivity contribution in [2.24, 2.45) is 0 Å². The number of benzene rings is 1. The molecule has 1 saturated heterocycles. The number of ether oxygens (including phenoxy) is 2. The van der Waals surface area contributed by atoms with Gasteiger partial charge in [-0.3, -0.25) is 0 Å². The van der Waals surface area contributed by atoms with Crippen LogP contribution in [0.2, 0.25) is 0 Å². The van der Waals surface area contributed by atoms with E-state index in [2.05, 4.69) is 5.32 Å². The molecule has 0 spiro atoms. The molecule has 1 aromatic carbocycles. The fourth-order valence-corrected chi connectivity index (χ4v) is 5.15. The third-order valence-corrected chi connectivity index (χ3v) is 6.41. The molecule has 2 aliphatic heterocycles. The molecule has 116 valence electrons. The molecule has 3 unspecified atom stereocenters. The van der Waals surface area contributed by atoms with Crippen LogP contribution < -0.4 is 10.1 Å². The summed E-state index contributed by atoms with van der Waals surface area (Å²) in [5.74, 6) is 0.849. The third-order valence-electron chi connectivity index (χ3n) is 4.24. The monoisotopic (exact) mass is 311 g/mol. The Hall–Kier alpha value is -1.11. The maximum absolute atomic E-state index is 12.7. The van der Waals surface area contributed by atoms with E-state index in [0.29, 0.717) is 6.61 Å². The summed E-state index contributed by atoms with van der Waals surface area (Å²) in [7, 11) is -1.49. The van der Waals surface area contributed by atoms with E-state index in [1.807, 2.05) is 24.3 Å². The van der Waals surface area contributed by atoms with Gasteiger partial charge in [-0.2, -0.15) is 0 Å². The predicted octanol–water partition coefficient (Wildman–Crippen LogP) is 1.30. The molecule has 6 heteroatoms. The standard InChI is InChI=1S/C15H21NO4S/c1-16-15-12-6-2-3-7-13(12)20-9-14(15)21(17,18)10-11-5-4-8-19-11/h2-3,6-7,11,14-16H,4-5,8-10H2,1H3. The highest BCUT2D eigenvalue weighted by atomic mass is 32.2. The molecular weight excluding hydrogens is 290 g/mol. The average Bonchev–Trinajstić information content (AvgIpc) is 2.98. The van der Waals surface area contributed by atoms with E-state index < -0.39 is 15.1 Å². The van der Waals surface area contributed by atoms with Crippen molar-refractivity contribution in [3.63, 3.8) is 0 Å². The zero-order chi connectivity index (χ0) is 14.9. The van der Waals surface area contributed by atoms with Gasteiger partial charge in [0.15, 0.2) is 9.84 Å². The minimum Gasteiger partial charge on any atom is -0.492 e. The topological polar surface area (TPSA) is 64.6 Å². The summed E-state index contributed by atoms with van der Waals surface area (Å²) >= 11 is 0. The molecule has 0 amide bonds. The second kappa shape index (κ2) is 5.94. The van der Waals surface area contributed by atoms with E-state index in [0.717, 1.165) is 24.2 Å². The lowest BCUT2D eigenvalue weighted by Crippen LogP contribution is -2.45. The summed E-state index contributed by atoms with van der Waals surface area (Å²) in [4.78, 5) is 0. The van der Waals surface area contributed by atoms with Crippen molar-refractivity contribution in [3.05, 3.63) is 29.8 Å². The van der Waals surface area contributed by atoms with Crippen molar-refractivity contribution >= 4 is 9.84 Å². The minimum atomic E-state index is -3.28. The third kappa shape index (κ3) is 2.93. The van der Waals surface area contributed by atoms with Crippen LogP contribution >= 0.6 is 0 Å². The fraction of sp³-hybridized carbons (Fsp3) is 0.600. The first kappa shape index (κ1) is 14.8. The van der Waals surface area contributed by atoms with E-state index in [1.165, 1.54) is 0 Å². The highest BCUT2D eigenvalue weighted by Gasteiger charge is 2.40. The molecule has 0 aromatic heterocycles. The largest absolute Gasteiger partial charge is 0.492 e. The van der Waals surface area contributed by atoms with Crippen LogP contribution in [0.25, 0.3) is 0 Å². The Kier molecular flexibility index (Phi) is 4.19. The van der Waals surface area contributed by atoms with Crippen molar-refractivity contribution in [3.8, 4) is 5.75 Å². The van der Waals surface area contributed by atoms with Crippen LogP contribution in [0.1, 0.15) is 24.4 Å². The van der Waals surface area contributed by atoms with Crippen LogP contribution in [0.5, 0.6) is 5.75 Å². The zero-order valence-electron chi connectivity index (χ0n) is 12.1. The van der Waals surface area contributed by atoms with E-state index in [1.54, 1.807) is 7.05 Å². The van der Waals surface area contributed by atoms with Gasteiger partial charge in [0, 0.05) is 12.2 Å². The molecule has 0 radical (unpaired) electrons. The lowest BCUT2D eigenvalue weighted by Gasteiger charge is -2.33. The maximum atomic E-state index is 12.7. The van der Waals surface area contributed by atoms with E-state index in [9.17, 15) is 8.42 Å². The Bertz CT molecular complexity index is 595. The van der Waals surface area contributed by atoms with Crippen LogP contribution in [-0.2, 0) is 14.6 Å². The number of hydrogen-bond donors (Lipinski definition) is 1. The quantitative estimate of drug-likeness (QED) is 0.908. The van der Waals surface area contributed by atoms with Crippen LogP contribution in [-0.4, -0.2) is 45.8 Å². The lowest BCUT2D eigenvalue weighted by atomic mass is 10.0. The number of rotatable bonds is 4. The van der Waals surface area contributed by atoms with Gasteiger partial charge in [-0.25, -0.2) is 8.42 Å². The molecule has 21 heavy (non-hydrogen) atoms. The molecule has 5 nitrogen and oxygen atoms in total. The van der Waals surface area contributed by atoms with Gasteiger partial charge in [0.05, 0.1) is 17.9 Å². The predicted molar refractivity (Wildman–Crippen MR) is 80.3 cm³/mol. The fourth-order valence-electron chi connectivity index (χ4n) is 3.15. The second-order valence-corrected chi connectivity index (χ2v) is 7.88. The first-order chi connectivity index (χ1) is 10.1. The molecule has 1 N–H and O–H groups in total. The Morgan fingerprint density at radius 1 is 1.33 bits per heavy atom. The smallest absolute Gasteiger partial charge is 0.160 e. The van der Waals surface area contributed by atoms with Crippen molar-refractivity contribution < 1.29 is 17.9 Å². The Labute approximate surface area is 125 Å². The van der Waals surface area contributed by atoms with Gasteiger partial charge in [-0.1, -0.05) is 18.2 Å². The molecule has 0 saturated carbocycles. The van der Waals surface area contributed by atoms with Crippen molar-refractivity contribution in [1.29, 1.82) is 0 Å². The molecule has 1 aromatic rings. The SMILES string of the molecule is CNC1c2ccccc2OCC1S(=O)(=O)CC1CCCO1. The summed E-state index contributed by atoms with van der Waals surface area (Å²) in [6, 6.07) is 7.36. The first-order valence-corrected chi connectivity index (χ1v) is 9.05. The van der Waals surface area contributed by atoms with E-state index in [4.69, 9.17) is 9.47 Å². The van der Waals surface area contributed by atoms with Crippen molar-refractivity contribution in [1.82, 2.24) is 5.32 Å². The van der Waals surface area contributed by atoms with Gasteiger partial charge >= 0.3 is 0 Å². The Morgan fingerprint density at radius 3 is 2.86 bits per heavy atom. The van der Waals surface area contributed by atoms with Gasteiger partial charge in [-0.15, -0.1) is 0 Å². The Balaban J connectivity index is 1.84. The summed E-state index contributed by atoms with van der Waals surface area (Å²) in [5, 5.41) is 2.57. The second-order valence-electron chi connectivity index (χ2n) is 5.62. The summed E-state index contributed by atoms with van der Waals surface area (Å²) in [6.45, 7) is 0.858. The van der Waals surface area contributed by atoms with Gasteiger partial charge in [0.1, 0.15) is 17.6 Å². The number of hydrogen-bond acceptors (Lipinski definition) is 5. The number of para-hydroxylation sites is 1. The summed E-state index contributed by atoms with van der Waals surface area (Å²) < 4.78 is 36.6. The number of nitrogens with one attached hydrogen (secondary N) is 1. The van der Waals surface area contributed by atoms with E-state index in [-0.39, 0.29) is 24.5 Å². The molecule has 3 rings (SSSR count). The van der Waals surface area contributed by atoms with Gasteiger partial charge in [-0.05, 0) is 26.0 Å². The van der Waals surface area contributed by atoms with Crippen LogP contribution in [0.4, 0.5) is 0 Å². The maximum Gasteiger partial charge on any atom is 0.160 e. The summed E-state index contributed by atoms with van der Waals surface area (Å²) in [6.07, 6.45) is 1.61. The molecule has 2 heterocycles. The Morgan fingerprint density at radius 2 is 2.14 bits per heavy atom. The molecule has 0 aliphatic carbocycles. The van der Waals surface area contributed by atoms with Crippen LogP contribution in [0, 0.1) is 0 Å². The van der Waals surface area contributed by atoms with Gasteiger partial charge in [0.25, 0.3) is 0 Å². The van der Waals surface area contributed by atoms with Gasteiger partial charge < -0.3 is 14.8 Å². The number of fused-ring (bicyclic) bond motifs is 1. The molecule has 0 bridgehead atoms. The van der Waals surface area contributed by atoms with Crippen LogP contribution in [0.15, 0.2) is 24.3 Å². The molecule has 2 aliphatic rings. The lowest BCUT2D eigenvalue weighted by molar-refractivity contribution is 0.127. The highest BCUT2D eigenvalue weighted by molar-refractivity contribution is 7.92. The van der Waals surface area contributed by atoms with E-state index >= 15 is 0 Å². The van der Waals surface area contributed by atoms with Crippen molar-refractivity contribution in [2.45, 2.75) is 30.2 Å². The first-order valence-electron chi connectivity index (χ1n) is 7.34. The molecule has 1 fully saturated rings. The van der Waals surface area contributed by atoms with Crippen molar-refractivity contribution in [2.75, 3.05) is 26.0 Å². The molecule has 3 atom stereocenters. The molecular formula is C15H21NO4S. The van der Waals surface area contributed by atoms with Crippen LogP contribution in [0.3, 0.4) is 0 Å².